The van der Waals surface area contributed by atoms with E-state index in [1.165, 1.54) is 11.3 Å². The molecule has 2 aliphatic rings. The van der Waals surface area contributed by atoms with E-state index in [1.807, 2.05) is 44.2 Å². The molecule has 2 aliphatic heterocycles. The lowest BCUT2D eigenvalue weighted by Gasteiger charge is -2.30. The molecule has 0 aliphatic carbocycles. The first kappa shape index (κ1) is 26.6. The number of amides is 1. The molecule has 2 aromatic carbocycles. The maximum Gasteiger partial charge on any atom is 0.415 e. The Labute approximate surface area is 227 Å². The fourth-order valence-electron chi connectivity index (χ4n) is 4.78. The van der Waals surface area contributed by atoms with Crippen molar-refractivity contribution in [2.75, 3.05) is 31.9 Å². The first-order chi connectivity index (χ1) is 18.3. The molecule has 0 radical (unpaired) electrons. The van der Waals surface area contributed by atoms with Crippen molar-refractivity contribution >= 4 is 43.2 Å². The van der Waals surface area contributed by atoms with E-state index < -0.39 is 10.0 Å². The number of ether oxygens (including phenoxy) is 2. The monoisotopic (exact) mass is 555 g/mol. The van der Waals surface area contributed by atoms with E-state index in [1.54, 1.807) is 21.3 Å². The summed E-state index contributed by atoms with van der Waals surface area (Å²) in [5.74, 6) is 0.748. The van der Waals surface area contributed by atoms with E-state index in [2.05, 4.69) is 11.1 Å². The second-order valence-electron chi connectivity index (χ2n) is 9.80. The fourth-order valence-corrected chi connectivity index (χ4v) is 7.14. The highest BCUT2D eigenvalue weighted by atomic mass is 32.2. The quantitative estimate of drug-likeness (QED) is 0.384. The number of fused-ring (bicyclic) bond motifs is 1. The Bertz CT molecular complexity index is 1420. The van der Waals surface area contributed by atoms with Gasteiger partial charge in [-0.2, -0.15) is 4.31 Å². The van der Waals surface area contributed by atoms with Crippen molar-refractivity contribution in [2.45, 2.75) is 45.6 Å². The first-order valence-electron chi connectivity index (χ1n) is 13.1. The molecule has 1 fully saturated rings. The number of rotatable bonds is 7. The molecule has 38 heavy (non-hydrogen) atoms. The number of piperidine rings is 1. The molecule has 10 heteroatoms. The summed E-state index contributed by atoms with van der Waals surface area (Å²) in [6, 6.07) is 13.6. The lowest BCUT2D eigenvalue weighted by molar-refractivity contribution is 0.0930. The van der Waals surface area contributed by atoms with Crippen LogP contribution < -0.4 is 9.47 Å². The van der Waals surface area contributed by atoms with Crippen molar-refractivity contribution in [1.29, 1.82) is 0 Å². The molecule has 0 bridgehead atoms. The molecule has 3 heterocycles. The molecule has 0 atom stereocenters. The second-order valence-corrected chi connectivity index (χ2v) is 12.9. The molecule has 0 N–H and O–H groups in total. The van der Waals surface area contributed by atoms with Gasteiger partial charge in [0.15, 0.2) is 0 Å². The van der Waals surface area contributed by atoms with Crippen molar-refractivity contribution in [2.24, 2.45) is 0 Å². The molecule has 0 saturated carbocycles. The van der Waals surface area contributed by atoms with Gasteiger partial charge in [0.2, 0.25) is 10.0 Å². The smallest absolute Gasteiger partial charge is 0.415 e. The highest BCUT2D eigenvalue weighted by molar-refractivity contribution is 7.89. The molecule has 8 nitrogen and oxygen atoms in total. The minimum Gasteiger partial charge on any atom is -0.467 e. The van der Waals surface area contributed by atoms with Crippen molar-refractivity contribution in [3.63, 3.8) is 0 Å². The van der Waals surface area contributed by atoms with Crippen LogP contribution in [0.25, 0.3) is 15.8 Å². The van der Waals surface area contributed by atoms with Crippen LogP contribution in [-0.4, -0.2) is 66.7 Å². The van der Waals surface area contributed by atoms with Crippen LogP contribution >= 0.6 is 11.3 Å². The van der Waals surface area contributed by atoms with Gasteiger partial charge >= 0.3 is 6.09 Å². The van der Waals surface area contributed by atoms with Gasteiger partial charge in [0.05, 0.1) is 16.0 Å². The zero-order valence-electron chi connectivity index (χ0n) is 21.8. The minimum absolute atomic E-state index is 0.00411. The van der Waals surface area contributed by atoms with Crippen molar-refractivity contribution in [3.8, 4) is 10.9 Å². The topological polar surface area (TPSA) is 89.0 Å². The number of likely N-dealkylation sites (tertiary alicyclic amines) is 1. The van der Waals surface area contributed by atoms with Crippen LogP contribution in [0.5, 0.6) is 10.9 Å². The molecule has 3 aromatic rings. The second kappa shape index (κ2) is 11.4. The Morgan fingerprint density at radius 2 is 1.87 bits per heavy atom. The third-order valence-electron chi connectivity index (χ3n) is 6.96. The number of aryl methyl sites for hydroxylation is 1. The number of nitrogens with zero attached hydrogens (tertiary/aromatic N) is 3. The SMILES string of the molecule is CCCS(=O)(=O)N1CC=C(c2ccc3nc(OC4CCN(C(=O)Oc5ccc(C)cc5)CC4)sc3c2)CC1. The summed E-state index contributed by atoms with van der Waals surface area (Å²) in [6.07, 6.45) is 4.44. The van der Waals surface area contributed by atoms with Gasteiger partial charge in [-0.15, -0.1) is 0 Å². The summed E-state index contributed by atoms with van der Waals surface area (Å²) >= 11 is 1.52. The van der Waals surface area contributed by atoms with Crippen LogP contribution in [0, 0.1) is 6.92 Å². The molecular formula is C28H33N3O5S2. The maximum absolute atomic E-state index is 12.5. The average molecular weight is 556 g/mol. The van der Waals surface area contributed by atoms with E-state index in [9.17, 15) is 13.2 Å². The van der Waals surface area contributed by atoms with Crippen LogP contribution in [0.4, 0.5) is 4.79 Å². The van der Waals surface area contributed by atoms with Gasteiger partial charge in [-0.3, -0.25) is 0 Å². The van der Waals surface area contributed by atoms with Gasteiger partial charge in [0, 0.05) is 39.0 Å². The minimum atomic E-state index is -3.17. The van der Waals surface area contributed by atoms with Gasteiger partial charge in [-0.1, -0.05) is 48.1 Å². The highest BCUT2D eigenvalue weighted by Gasteiger charge is 2.27. The largest absolute Gasteiger partial charge is 0.467 e. The fraction of sp³-hybridized carbons (Fsp3) is 0.429. The molecule has 1 amide bonds. The van der Waals surface area contributed by atoms with Gasteiger partial charge in [0.1, 0.15) is 11.9 Å². The van der Waals surface area contributed by atoms with Gasteiger partial charge in [0.25, 0.3) is 5.19 Å². The number of aromatic nitrogens is 1. The lowest BCUT2D eigenvalue weighted by atomic mass is 10.0. The Morgan fingerprint density at radius 1 is 1.11 bits per heavy atom. The number of sulfonamides is 1. The van der Waals surface area contributed by atoms with Crippen molar-refractivity contribution in [1.82, 2.24) is 14.2 Å². The normalized spacial score (nSPS) is 17.4. The van der Waals surface area contributed by atoms with E-state index in [-0.39, 0.29) is 18.0 Å². The van der Waals surface area contributed by atoms with E-state index in [0.717, 1.165) is 26.9 Å². The third-order valence-corrected chi connectivity index (χ3v) is 9.91. The summed E-state index contributed by atoms with van der Waals surface area (Å²) < 4.78 is 39.0. The van der Waals surface area contributed by atoms with Crippen LogP contribution in [0.15, 0.2) is 48.5 Å². The van der Waals surface area contributed by atoms with Crippen molar-refractivity contribution in [3.05, 3.63) is 59.7 Å². The van der Waals surface area contributed by atoms with Crippen LogP contribution in [0.1, 0.15) is 43.7 Å². The first-order valence-corrected chi connectivity index (χ1v) is 15.5. The predicted molar refractivity (Wildman–Crippen MR) is 150 cm³/mol. The number of thiazole rings is 1. The average Bonchev–Trinajstić information content (AvgIpc) is 3.32. The summed E-state index contributed by atoms with van der Waals surface area (Å²) in [5.41, 5.74) is 4.26. The van der Waals surface area contributed by atoms with E-state index in [4.69, 9.17) is 9.47 Å². The third kappa shape index (κ3) is 6.19. The molecule has 1 saturated heterocycles. The Kier molecular flexibility index (Phi) is 8.01. The van der Waals surface area contributed by atoms with E-state index >= 15 is 0 Å². The summed E-state index contributed by atoms with van der Waals surface area (Å²) in [4.78, 5) is 18.9. The highest BCUT2D eigenvalue weighted by Crippen LogP contribution is 2.33. The lowest BCUT2D eigenvalue weighted by Crippen LogP contribution is -2.43. The number of benzene rings is 2. The number of carbonyl (C=O) groups excluding carboxylic acids is 1. The molecule has 5 rings (SSSR count). The van der Waals surface area contributed by atoms with Crippen LogP contribution in [0.3, 0.4) is 0 Å². The van der Waals surface area contributed by atoms with Gasteiger partial charge in [-0.25, -0.2) is 18.2 Å². The molecular weight excluding hydrogens is 522 g/mol. The number of carbonyl (C=O) groups is 1. The van der Waals surface area contributed by atoms with Crippen LogP contribution in [-0.2, 0) is 10.0 Å². The van der Waals surface area contributed by atoms with Crippen LogP contribution in [0.2, 0.25) is 0 Å². The van der Waals surface area contributed by atoms with Gasteiger partial charge in [-0.05, 0) is 55.2 Å². The standard InChI is InChI=1S/C28H33N3O5S2/c1-3-18-38(33,34)31-16-10-21(11-17-31)22-6-9-25-26(19-22)37-27(29-25)35-24-12-14-30(15-13-24)28(32)36-23-7-4-20(2)5-8-23/h4-10,19,24H,3,11-18H2,1-2H3. The van der Waals surface area contributed by atoms with Gasteiger partial charge < -0.3 is 14.4 Å². The zero-order chi connectivity index (χ0) is 26.7. The molecule has 1 aromatic heterocycles. The summed E-state index contributed by atoms with van der Waals surface area (Å²) in [5, 5.41) is 0.632. The summed E-state index contributed by atoms with van der Waals surface area (Å²) in [6.45, 7) is 5.96. The zero-order valence-corrected chi connectivity index (χ0v) is 23.4. The Balaban J connectivity index is 1.16. The summed E-state index contributed by atoms with van der Waals surface area (Å²) in [7, 11) is -3.17. The molecule has 0 spiro atoms. The predicted octanol–water partition coefficient (Wildman–Crippen LogP) is 5.48. The maximum atomic E-state index is 12.5. The Morgan fingerprint density at radius 3 is 2.55 bits per heavy atom. The Hall–Kier alpha value is -2.95. The molecule has 202 valence electrons. The number of hydrogen-bond acceptors (Lipinski definition) is 7. The number of hydrogen-bond donors (Lipinski definition) is 0. The van der Waals surface area contributed by atoms with Crippen molar-refractivity contribution < 1.29 is 22.7 Å². The molecule has 0 unspecified atom stereocenters. The van der Waals surface area contributed by atoms with E-state index in [0.29, 0.717) is 62.8 Å².